The molecule has 0 bridgehead atoms. The van der Waals surface area contributed by atoms with Gasteiger partial charge in [-0.15, -0.1) is 0 Å². The molecule has 5 rings (SSSR count). The number of fused-ring (bicyclic) bond motifs is 1. The van der Waals surface area contributed by atoms with Crippen LogP contribution in [0.3, 0.4) is 0 Å². The molecule has 10 heteroatoms. The number of hydrogen-bond acceptors (Lipinski definition) is 8. The number of rotatable bonds is 5. The van der Waals surface area contributed by atoms with E-state index in [1.54, 1.807) is 24.7 Å². The molecule has 0 saturated heterocycles. The summed E-state index contributed by atoms with van der Waals surface area (Å²) in [4.78, 5) is 18.8. The van der Waals surface area contributed by atoms with Crippen molar-refractivity contribution < 1.29 is 4.39 Å². The first-order valence-corrected chi connectivity index (χ1v) is 10.4. The van der Waals surface area contributed by atoms with Crippen LogP contribution >= 0.6 is 0 Å². The van der Waals surface area contributed by atoms with Gasteiger partial charge in [0.2, 0.25) is 5.82 Å². The van der Waals surface area contributed by atoms with Crippen molar-refractivity contribution in [3.05, 3.63) is 77.5 Å². The minimum Gasteiger partial charge on any atom is -0.363 e. The lowest BCUT2D eigenvalue weighted by atomic mass is 10.1. The largest absolute Gasteiger partial charge is 0.363 e. The zero-order valence-electron chi connectivity index (χ0n) is 17.9. The highest BCUT2D eigenvalue weighted by Gasteiger charge is 2.22. The summed E-state index contributed by atoms with van der Waals surface area (Å²) in [5.41, 5.74) is 4.45. The molecule has 4 aromatic rings. The number of nitriles is 1. The Hall–Kier alpha value is -4.39. The molecule has 0 unspecified atom stereocenters. The predicted octanol–water partition coefficient (Wildman–Crippen LogP) is 3.08. The summed E-state index contributed by atoms with van der Waals surface area (Å²) >= 11 is 0. The van der Waals surface area contributed by atoms with Gasteiger partial charge in [0.15, 0.2) is 11.6 Å². The molecule has 5 heterocycles. The van der Waals surface area contributed by atoms with Gasteiger partial charge in [0.05, 0.1) is 30.0 Å². The van der Waals surface area contributed by atoms with E-state index in [1.165, 1.54) is 6.33 Å². The van der Waals surface area contributed by atoms with Crippen LogP contribution in [0.5, 0.6) is 0 Å². The fraction of sp³-hybridized carbons (Fsp3) is 0.217. The molecular weight excluding hydrogens is 421 g/mol. The maximum atomic E-state index is 15.2. The van der Waals surface area contributed by atoms with E-state index >= 15 is 4.39 Å². The minimum absolute atomic E-state index is 0.103. The van der Waals surface area contributed by atoms with E-state index in [9.17, 15) is 5.26 Å². The molecule has 33 heavy (non-hydrogen) atoms. The first kappa shape index (κ1) is 20.5. The van der Waals surface area contributed by atoms with Gasteiger partial charge in [-0.2, -0.15) is 14.8 Å². The highest BCUT2D eigenvalue weighted by Crippen LogP contribution is 2.26. The minimum atomic E-state index is -0.511. The van der Waals surface area contributed by atoms with Gasteiger partial charge in [-0.3, -0.25) is 14.6 Å². The summed E-state index contributed by atoms with van der Waals surface area (Å²) in [6.45, 7) is 3.95. The monoisotopic (exact) mass is 441 g/mol. The lowest BCUT2D eigenvalue weighted by molar-refractivity contribution is 0.506. The Labute approximate surface area is 189 Å². The van der Waals surface area contributed by atoms with Gasteiger partial charge in [0, 0.05) is 42.9 Å². The number of halogens is 1. The van der Waals surface area contributed by atoms with Crippen molar-refractivity contribution in [1.29, 1.82) is 5.26 Å². The zero-order valence-corrected chi connectivity index (χ0v) is 17.9. The number of aromatic nitrogens is 6. The van der Waals surface area contributed by atoms with Gasteiger partial charge < -0.3 is 10.2 Å². The first-order chi connectivity index (χ1) is 16.1. The van der Waals surface area contributed by atoms with Gasteiger partial charge in [-0.1, -0.05) is 0 Å². The van der Waals surface area contributed by atoms with Crippen LogP contribution in [0, 0.1) is 24.1 Å². The van der Waals surface area contributed by atoms with E-state index in [4.69, 9.17) is 0 Å². The normalized spacial score (nSPS) is 12.8. The van der Waals surface area contributed by atoms with Gasteiger partial charge in [-0.25, -0.2) is 9.97 Å². The lowest BCUT2D eigenvalue weighted by Gasteiger charge is -2.29. The maximum Gasteiger partial charge on any atom is 0.207 e. The van der Waals surface area contributed by atoms with Gasteiger partial charge in [-0.05, 0) is 36.8 Å². The summed E-state index contributed by atoms with van der Waals surface area (Å²) < 4.78 is 17.1. The molecule has 0 spiro atoms. The number of anilines is 2. The second kappa shape index (κ2) is 8.63. The van der Waals surface area contributed by atoms with Crippen molar-refractivity contribution in [2.45, 2.75) is 26.6 Å². The quantitative estimate of drug-likeness (QED) is 0.503. The second-order valence-corrected chi connectivity index (χ2v) is 7.72. The Morgan fingerprint density at radius 3 is 2.88 bits per heavy atom. The summed E-state index contributed by atoms with van der Waals surface area (Å²) in [6.07, 6.45) is 6.45. The Kier molecular flexibility index (Phi) is 5.36. The van der Waals surface area contributed by atoms with E-state index in [1.807, 2.05) is 34.7 Å². The van der Waals surface area contributed by atoms with Crippen molar-refractivity contribution in [1.82, 2.24) is 29.7 Å². The molecule has 1 aliphatic rings. The van der Waals surface area contributed by atoms with Crippen LogP contribution in [0.1, 0.15) is 22.5 Å². The van der Waals surface area contributed by atoms with Crippen molar-refractivity contribution >= 4 is 11.6 Å². The molecule has 1 aliphatic heterocycles. The molecule has 0 saturated carbocycles. The van der Waals surface area contributed by atoms with E-state index in [0.717, 1.165) is 22.5 Å². The predicted molar refractivity (Wildman–Crippen MR) is 120 cm³/mol. The molecule has 0 fully saturated rings. The third-order valence-corrected chi connectivity index (χ3v) is 5.50. The molecule has 0 radical (unpaired) electrons. The molecule has 0 aromatic carbocycles. The average molecular weight is 441 g/mol. The highest BCUT2D eigenvalue weighted by atomic mass is 19.1. The maximum absolute atomic E-state index is 15.2. The number of hydrogen-bond donors (Lipinski definition) is 1. The summed E-state index contributed by atoms with van der Waals surface area (Å²) in [5.74, 6) is -0.159. The van der Waals surface area contributed by atoms with Gasteiger partial charge >= 0.3 is 0 Å². The van der Waals surface area contributed by atoms with Crippen molar-refractivity contribution in [2.24, 2.45) is 0 Å². The van der Waals surface area contributed by atoms with Gasteiger partial charge in [0.1, 0.15) is 12.4 Å². The van der Waals surface area contributed by atoms with Crippen LogP contribution in [0.2, 0.25) is 0 Å². The van der Waals surface area contributed by atoms with Crippen molar-refractivity contribution in [2.75, 3.05) is 16.8 Å². The molecule has 0 atom stereocenters. The van der Waals surface area contributed by atoms with Crippen LogP contribution in [-0.2, 0) is 19.6 Å². The highest BCUT2D eigenvalue weighted by molar-refractivity contribution is 5.66. The molecule has 4 aromatic heterocycles. The van der Waals surface area contributed by atoms with Crippen LogP contribution < -0.4 is 10.2 Å². The van der Waals surface area contributed by atoms with Crippen LogP contribution in [0.15, 0.2) is 49.2 Å². The topological polar surface area (TPSA) is 108 Å². The summed E-state index contributed by atoms with van der Waals surface area (Å²) in [7, 11) is 0. The van der Waals surface area contributed by atoms with E-state index in [2.05, 4.69) is 36.4 Å². The van der Waals surface area contributed by atoms with Crippen LogP contribution in [0.25, 0.3) is 11.3 Å². The Balaban J connectivity index is 1.34. The fourth-order valence-electron chi connectivity index (χ4n) is 3.87. The molecule has 164 valence electrons. The SMILES string of the molecule is Cc1cc(-c2ncc(CNc3ncnc(N4CCn5nccc5C4)c3F)cc2C#N)ccn1. The summed E-state index contributed by atoms with van der Waals surface area (Å²) in [6, 6.07) is 9.56. The van der Waals surface area contributed by atoms with Crippen LogP contribution in [0.4, 0.5) is 16.0 Å². The van der Waals surface area contributed by atoms with Crippen LogP contribution in [-0.4, -0.2) is 36.3 Å². The standard InChI is InChI=1S/C23H20FN9/c1-15-8-17(2-4-26-15)21-18(10-25)9-16(11-27-21)12-28-22-20(24)23(30-14-29-22)32-6-7-33-19(13-32)3-5-31-33/h2-5,8-9,11,14H,6-7,12-13H2,1H3,(H,28,29,30). The van der Waals surface area contributed by atoms with E-state index in [-0.39, 0.29) is 18.2 Å². The lowest BCUT2D eigenvalue weighted by Crippen LogP contribution is -2.35. The Morgan fingerprint density at radius 1 is 1.12 bits per heavy atom. The zero-order chi connectivity index (χ0) is 22.8. The third-order valence-electron chi connectivity index (χ3n) is 5.50. The Bertz CT molecular complexity index is 1360. The molecule has 0 amide bonds. The number of pyridine rings is 2. The number of nitrogens with zero attached hydrogens (tertiary/aromatic N) is 8. The van der Waals surface area contributed by atoms with E-state index in [0.29, 0.717) is 30.9 Å². The van der Waals surface area contributed by atoms with Gasteiger partial charge in [0.25, 0.3) is 0 Å². The molecule has 9 nitrogen and oxygen atoms in total. The summed E-state index contributed by atoms with van der Waals surface area (Å²) in [5, 5.41) is 16.9. The average Bonchev–Trinajstić information content (AvgIpc) is 3.31. The molecule has 1 N–H and O–H groups in total. The fourth-order valence-corrected chi connectivity index (χ4v) is 3.87. The van der Waals surface area contributed by atoms with Crippen molar-refractivity contribution in [3.63, 3.8) is 0 Å². The second-order valence-electron chi connectivity index (χ2n) is 7.72. The third kappa shape index (κ3) is 4.08. The Morgan fingerprint density at radius 2 is 2.03 bits per heavy atom. The first-order valence-electron chi connectivity index (χ1n) is 10.4. The van der Waals surface area contributed by atoms with E-state index < -0.39 is 5.82 Å². The smallest absolute Gasteiger partial charge is 0.207 e. The number of aryl methyl sites for hydroxylation is 1. The molecule has 0 aliphatic carbocycles. The van der Waals surface area contributed by atoms with Crippen molar-refractivity contribution in [3.8, 4) is 17.3 Å². The molecular formula is C23H20FN9. The number of nitrogens with one attached hydrogen (secondary N) is 1.